The van der Waals surface area contributed by atoms with Gasteiger partial charge in [-0.1, -0.05) is 12.1 Å². The molecule has 0 spiro atoms. The Hall–Kier alpha value is -1.85. The number of thiazole rings is 1. The Morgan fingerprint density at radius 3 is 3.10 bits per heavy atom. The molecule has 1 N–H and O–H groups in total. The lowest BCUT2D eigenvalue weighted by molar-refractivity contribution is 0.339. The summed E-state index contributed by atoms with van der Waals surface area (Å²) in [6, 6.07) is 8.49. The normalized spacial score (nSPS) is 12.7. The minimum atomic E-state index is 0.231. The molecule has 1 atom stereocenters. The largest absolute Gasteiger partial charge is 0.494 e. The highest BCUT2D eigenvalue weighted by Crippen LogP contribution is 2.23. The highest BCUT2D eigenvalue weighted by atomic mass is 32.1. The lowest BCUT2D eigenvalue weighted by atomic mass is 10.0. The van der Waals surface area contributed by atoms with Gasteiger partial charge in [0, 0.05) is 30.2 Å². The number of nitrogens with zero attached hydrogens (tertiary/aromatic N) is 2. The molecule has 3 aromatic rings. The summed E-state index contributed by atoms with van der Waals surface area (Å²) in [7, 11) is 1.98. The number of aromatic nitrogens is 2. The summed E-state index contributed by atoms with van der Waals surface area (Å²) >= 11 is 1.66. The molecular weight excluding hydrogens is 282 g/mol. The van der Waals surface area contributed by atoms with E-state index in [1.807, 2.05) is 37.7 Å². The molecule has 0 radical (unpaired) electrons. The van der Waals surface area contributed by atoms with Crippen molar-refractivity contribution in [3.8, 4) is 5.75 Å². The SMILES string of the molecule is CCOc1cccc(C(Cc2cn3ccsc3n2)NC)c1. The molecule has 0 fully saturated rings. The van der Waals surface area contributed by atoms with Gasteiger partial charge in [0.1, 0.15) is 5.75 Å². The molecule has 0 aliphatic carbocycles. The number of fused-ring (bicyclic) bond motifs is 1. The molecule has 0 aliphatic heterocycles. The van der Waals surface area contributed by atoms with E-state index in [4.69, 9.17) is 4.74 Å². The van der Waals surface area contributed by atoms with Crippen LogP contribution in [-0.4, -0.2) is 23.0 Å². The summed E-state index contributed by atoms with van der Waals surface area (Å²) in [6.45, 7) is 2.69. The van der Waals surface area contributed by atoms with Crippen LogP contribution in [0.1, 0.15) is 24.2 Å². The lowest BCUT2D eigenvalue weighted by Gasteiger charge is -2.16. The molecule has 2 heterocycles. The van der Waals surface area contributed by atoms with Crippen LogP contribution in [0.25, 0.3) is 4.96 Å². The first kappa shape index (κ1) is 14.1. The predicted octanol–water partition coefficient (Wildman–Crippen LogP) is 3.30. The van der Waals surface area contributed by atoms with Gasteiger partial charge < -0.3 is 10.1 Å². The van der Waals surface area contributed by atoms with Crippen LogP contribution in [0.2, 0.25) is 0 Å². The van der Waals surface area contributed by atoms with E-state index >= 15 is 0 Å². The highest BCUT2D eigenvalue weighted by Gasteiger charge is 2.13. The Labute approximate surface area is 128 Å². The molecule has 0 saturated carbocycles. The van der Waals surface area contributed by atoms with E-state index in [1.54, 1.807) is 11.3 Å². The quantitative estimate of drug-likeness (QED) is 0.759. The van der Waals surface area contributed by atoms with Crippen molar-refractivity contribution in [3.05, 3.63) is 53.3 Å². The molecule has 0 amide bonds. The monoisotopic (exact) mass is 301 g/mol. The fraction of sp³-hybridized carbons (Fsp3) is 0.312. The Bertz CT molecular complexity index is 690. The topological polar surface area (TPSA) is 38.6 Å². The van der Waals surface area contributed by atoms with Crippen molar-refractivity contribution in [2.24, 2.45) is 0 Å². The number of hydrogen-bond donors (Lipinski definition) is 1. The average molecular weight is 301 g/mol. The van der Waals surface area contributed by atoms with Gasteiger partial charge in [-0.25, -0.2) is 4.98 Å². The predicted molar refractivity (Wildman–Crippen MR) is 86.2 cm³/mol. The van der Waals surface area contributed by atoms with Gasteiger partial charge >= 0.3 is 0 Å². The van der Waals surface area contributed by atoms with Crippen LogP contribution in [0.3, 0.4) is 0 Å². The van der Waals surface area contributed by atoms with Crippen LogP contribution in [0.15, 0.2) is 42.0 Å². The molecule has 0 aliphatic rings. The molecular formula is C16H19N3OS. The van der Waals surface area contributed by atoms with Gasteiger partial charge in [0.25, 0.3) is 0 Å². The van der Waals surface area contributed by atoms with Gasteiger partial charge in [-0.2, -0.15) is 0 Å². The highest BCUT2D eigenvalue weighted by molar-refractivity contribution is 7.15. The zero-order chi connectivity index (χ0) is 14.7. The number of imidazole rings is 1. The fourth-order valence-corrected chi connectivity index (χ4v) is 3.18. The number of nitrogens with one attached hydrogen (secondary N) is 1. The number of benzene rings is 1. The van der Waals surface area contributed by atoms with Crippen LogP contribution in [-0.2, 0) is 6.42 Å². The zero-order valence-electron chi connectivity index (χ0n) is 12.2. The smallest absolute Gasteiger partial charge is 0.193 e. The van der Waals surface area contributed by atoms with E-state index in [0.717, 1.165) is 22.8 Å². The van der Waals surface area contributed by atoms with Crippen molar-refractivity contribution in [3.63, 3.8) is 0 Å². The Kier molecular flexibility index (Phi) is 4.22. The van der Waals surface area contributed by atoms with Crippen LogP contribution < -0.4 is 10.1 Å². The van der Waals surface area contributed by atoms with Gasteiger partial charge in [0.05, 0.1) is 12.3 Å². The van der Waals surface area contributed by atoms with Crippen LogP contribution in [0.4, 0.5) is 0 Å². The minimum Gasteiger partial charge on any atom is -0.494 e. The molecule has 1 unspecified atom stereocenters. The second-order valence-electron chi connectivity index (χ2n) is 4.88. The minimum absolute atomic E-state index is 0.231. The fourth-order valence-electron chi connectivity index (χ4n) is 2.46. The van der Waals surface area contributed by atoms with Gasteiger partial charge in [0.15, 0.2) is 4.96 Å². The first-order valence-corrected chi connectivity index (χ1v) is 7.99. The van der Waals surface area contributed by atoms with Crippen molar-refractivity contribution >= 4 is 16.3 Å². The van der Waals surface area contributed by atoms with E-state index in [0.29, 0.717) is 6.61 Å². The summed E-state index contributed by atoms with van der Waals surface area (Å²) in [4.78, 5) is 5.70. The van der Waals surface area contributed by atoms with E-state index in [2.05, 4.69) is 33.0 Å². The van der Waals surface area contributed by atoms with Gasteiger partial charge in [-0.05, 0) is 31.7 Å². The number of rotatable bonds is 6. The van der Waals surface area contributed by atoms with Crippen molar-refractivity contribution < 1.29 is 4.74 Å². The first-order valence-electron chi connectivity index (χ1n) is 7.11. The van der Waals surface area contributed by atoms with Gasteiger partial charge in [0.2, 0.25) is 0 Å². The molecule has 21 heavy (non-hydrogen) atoms. The molecule has 110 valence electrons. The van der Waals surface area contributed by atoms with Crippen LogP contribution in [0.5, 0.6) is 5.75 Å². The van der Waals surface area contributed by atoms with Crippen molar-refractivity contribution in [1.29, 1.82) is 0 Å². The summed E-state index contributed by atoms with van der Waals surface area (Å²) in [5, 5.41) is 5.42. The summed E-state index contributed by atoms with van der Waals surface area (Å²) in [5.74, 6) is 0.918. The number of hydrogen-bond acceptors (Lipinski definition) is 4. The maximum Gasteiger partial charge on any atom is 0.193 e. The third-order valence-corrected chi connectivity index (χ3v) is 4.25. The lowest BCUT2D eigenvalue weighted by Crippen LogP contribution is -2.19. The van der Waals surface area contributed by atoms with Gasteiger partial charge in [-0.3, -0.25) is 4.40 Å². The molecule has 0 bridgehead atoms. The second kappa shape index (κ2) is 6.28. The van der Waals surface area contributed by atoms with Crippen LogP contribution >= 0.6 is 11.3 Å². The second-order valence-corrected chi connectivity index (χ2v) is 5.75. The molecule has 1 aromatic carbocycles. The average Bonchev–Trinajstić information content (AvgIpc) is 3.06. The summed E-state index contributed by atoms with van der Waals surface area (Å²) < 4.78 is 7.65. The molecule has 4 nitrogen and oxygen atoms in total. The van der Waals surface area contributed by atoms with Crippen molar-refractivity contribution in [2.45, 2.75) is 19.4 Å². The Balaban J connectivity index is 1.80. The molecule has 2 aromatic heterocycles. The Morgan fingerprint density at radius 1 is 1.43 bits per heavy atom. The standard InChI is InChI=1S/C16H19N3OS/c1-3-20-14-6-4-5-12(9-14)15(17-2)10-13-11-19-7-8-21-16(19)18-13/h4-9,11,15,17H,3,10H2,1-2H3. The molecule has 0 saturated heterocycles. The van der Waals surface area contributed by atoms with Crippen molar-refractivity contribution in [2.75, 3.05) is 13.7 Å². The van der Waals surface area contributed by atoms with E-state index in [9.17, 15) is 0 Å². The van der Waals surface area contributed by atoms with E-state index in [-0.39, 0.29) is 6.04 Å². The number of ether oxygens (including phenoxy) is 1. The van der Waals surface area contributed by atoms with Crippen LogP contribution in [0, 0.1) is 0 Å². The molecule has 3 rings (SSSR count). The maximum absolute atomic E-state index is 5.58. The summed E-state index contributed by atoms with van der Waals surface area (Å²) in [5.41, 5.74) is 2.32. The number of likely N-dealkylation sites (N-methyl/N-ethyl adjacent to an activating group) is 1. The van der Waals surface area contributed by atoms with E-state index in [1.165, 1.54) is 5.56 Å². The third kappa shape index (κ3) is 3.09. The summed E-state index contributed by atoms with van der Waals surface area (Å²) in [6.07, 6.45) is 5.00. The zero-order valence-corrected chi connectivity index (χ0v) is 13.1. The third-order valence-electron chi connectivity index (χ3n) is 3.48. The Morgan fingerprint density at radius 2 is 2.33 bits per heavy atom. The molecule has 5 heteroatoms. The van der Waals surface area contributed by atoms with Gasteiger partial charge in [-0.15, -0.1) is 11.3 Å². The maximum atomic E-state index is 5.58. The van der Waals surface area contributed by atoms with Crippen molar-refractivity contribution in [1.82, 2.24) is 14.7 Å². The van der Waals surface area contributed by atoms with E-state index < -0.39 is 0 Å². The first-order chi connectivity index (χ1) is 10.3.